The fourth-order valence-electron chi connectivity index (χ4n) is 1.86. The van der Waals surface area contributed by atoms with Crippen molar-refractivity contribution in [3.63, 3.8) is 0 Å². The van der Waals surface area contributed by atoms with Crippen LogP contribution in [-0.2, 0) is 23.7 Å². The van der Waals surface area contributed by atoms with Crippen LogP contribution < -0.4 is 0 Å². The Balaban J connectivity index is 1.95. The van der Waals surface area contributed by atoms with Crippen molar-refractivity contribution >= 4 is 0 Å². The molecule has 0 radical (unpaired) electrons. The maximum Gasteiger partial charge on any atom is 0.282 e. The van der Waals surface area contributed by atoms with Gasteiger partial charge in [0.05, 0.1) is 31.8 Å². The lowest BCUT2D eigenvalue weighted by Gasteiger charge is -2.45. The Hall–Kier alpha value is -0.200. The largest absolute Gasteiger partial charge is 0.355 e. The summed E-state index contributed by atoms with van der Waals surface area (Å²) in [5.41, 5.74) is -0.157. The molecule has 2 aliphatic heterocycles. The van der Waals surface area contributed by atoms with Crippen molar-refractivity contribution in [2.24, 2.45) is 5.41 Å². The van der Waals surface area contributed by atoms with Gasteiger partial charge in [-0.1, -0.05) is 6.92 Å². The van der Waals surface area contributed by atoms with Crippen LogP contribution in [0.5, 0.6) is 0 Å². The van der Waals surface area contributed by atoms with E-state index in [1.165, 1.54) is 0 Å². The van der Waals surface area contributed by atoms with Gasteiger partial charge in [0.2, 0.25) is 0 Å². The van der Waals surface area contributed by atoms with Gasteiger partial charge in [0.15, 0.2) is 0 Å². The van der Waals surface area contributed by atoms with Crippen LogP contribution in [0.25, 0.3) is 0 Å². The van der Waals surface area contributed by atoms with Gasteiger partial charge in [0.1, 0.15) is 6.79 Å². The highest BCUT2D eigenvalue weighted by atomic mass is 16.9. The molecule has 0 N–H and O–H groups in total. The Morgan fingerprint density at radius 1 is 1.07 bits per heavy atom. The van der Waals surface area contributed by atoms with E-state index >= 15 is 0 Å². The molecule has 5 nitrogen and oxygen atoms in total. The first-order chi connectivity index (χ1) is 7.24. The summed E-state index contributed by atoms with van der Waals surface area (Å²) in [6, 6.07) is 0. The molecule has 2 saturated heterocycles. The maximum atomic E-state index is 5.65. The monoisotopic (exact) mass is 218 g/mol. The van der Waals surface area contributed by atoms with Crippen molar-refractivity contribution < 1.29 is 23.7 Å². The van der Waals surface area contributed by atoms with Crippen LogP contribution in [-0.4, -0.2) is 46.3 Å². The summed E-state index contributed by atoms with van der Waals surface area (Å²) in [5, 5.41) is 0. The molecule has 0 bridgehead atoms. The Bertz CT molecular complexity index is 196. The van der Waals surface area contributed by atoms with Crippen LogP contribution in [0.15, 0.2) is 0 Å². The highest BCUT2D eigenvalue weighted by molar-refractivity contribution is 4.84. The Kier molecular flexibility index (Phi) is 3.27. The van der Waals surface area contributed by atoms with E-state index in [0.29, 0.717) is 39.6 Å². The van der Waals surface area contributed by atoms with E-state index < -0.39 is 5.97 Å². The first-order valence-corrected chi connectivity index (χ1v) is 5.23. The zero-order valence-electron chi connectivity index (χ0n) is 9.28. The van der Waals surface area contributed by atoms with Crippen LogP contribution in [0.3, 0.4) is 0 Å². The zero-order valence-corrected chi connectivity index (χ0v) is 9.28. The van der Waals surface area contributed by atoms with Crippen molar-refractivity contribution in [2.75, 3.05) is 40.3 Å². The van der Waals surface area contributed by atoms with Crippen LogP contribution >= 0.6 is 0 Å². The van der Waals surface area contributed by atoms with Crippen molar-refractivity contribution in [2.45, 2.75) is 19.3 Å². The summed E-state index contributed by atoms with van der Waals surface area (Å²) >= 11 is 0. The summed E-state index contributed by atoms with van der Waals surface area (Å²) in [7, 11) is 1.59. The molecule has 0 aliphatic carbocycles. The third-order valence-corrected chi connectivity index (χ3v) is 2.92. The molecule has 0 unspecified atom stereocenters. The molecule has 0 aromatic carbocycles. The standard InChI is InChI=1S/C10H18O5/c1-3-10(11-2)14-6-9(7-15-10)4-12-8-13-5-9/h3-8H2,1-2H3. The van der Waals surface area contributed by atoms with Gasteiger partial charge in [-0.15, -0.1) is 0 Å². The Labute approximate surface area is 89.6 Å². The van der Waals surface area contributed by atoms with Gasteiger partial charge < -0.3 is 23.7 Å². The number of hydrogen-bond donors (Lipinski definition) is 0. The molecule has 0 aromatic heterocycles. The third kappa shape index (κ3) is 2.16. The van der Waals surface area contributed by atoms with E-state index in [2.05, 4.69) is 0 Å². The molecule has 0 amide bonds. The first kappa shape index (κ1) is 11.3. The van der Waals surface area contributed by atoms with Crippen LogP contribution in [0.4, 0.5) is 0 Å². The zero-order chi connectivity index (χ0) is 10.8. The molecule has 2 fully saturated rings. The fraction of sp³-hybridized carbons (Fsp3) is 1.00. The molecule has 1 spiro atoms. The lowest BCUT2D eigenvalue weighted by Crippen LogP contribution is -2.55. The molecular formula is C10H18O5. The van der Waals surface area contributed by atoms with E-state index in [0.717, 1.165) is 0 Å². The summed E-state index contributed by atoms with van der Waals surface area (Å²) in [5.74, 6) is -0.872. The Morgan fingerprint density at radius 2 is 1.67 bits per heavy atom. The lowest BCUT2D eigenvalue weighted by molar-refractivity contribution is -0.423. The minimum Gasteiger partial charge on any atom is -0.355 e. The average Bonchev–Trinajstić information content (AvgIpc) is 2.32. The SMILES string of the molecule is CCC1(OC)OCC2(COCOC2)CO1. The molecule has 15 heavy (non-hydrogen) atoms. The van der Waals surface area contributed by atoms with Crippen molar-refractivity contribution in [1.82, 2.24) is 0 Å². The molecule has 88 valence electrons. The van der Waals surface area contributed by atoms with Gasteiger partial charge in [-0.2, -0.15) is 0 Å². The number of hydrogen-bond acceptors (Lipinski definition) is 5. The average molecular weight is 218 g/mol. The molecule has 0 saturated carbocycles. The quantitative estimate of drug-likeness (QED) is 0.684. The molecule has 0 atom stereocenters. The Morgan fingerprint density at radius 3 is 2.13 bits per heavy atom. The van der Waals surface area contributed by atoms with Gasteiger partial charge in [-0.25, -0.2) is 0 Å². The highest BCUT2D eigenvalue weighted by Gasteiger charge is 2.46. The third-order valence-electron chi connectivity index (χ3n) is 2.92. The fourth-order valence-corrected chi connectivity index (χ4v) is 1.86. The number of ether oxygens (including phenoxy) is 5. The summed E-state index contributed by atoms with van der Waals surface area (Å²) < 4.78 is 27.1. The van der Waals surface area contributed by atoms with Crippen molar-refractivity contribution in [3.8, 4) is 0 Å². The first-order valence-electron chi connectivity index (χ1n) is 5.23. The highest BCUT2D eigenvalue weighted by Crippen LogP contribution is 2.34. The summed E-state index contributed by atoms with van der Waals surface area (Å²) in [6.45, 7) is 4.68. The molecule has 2 heterocycles. The van der Waals surface area contributed by atoms with E-state index in [4.69, 9.17) is 23.7 Å². The molecule has 5 heteroatoms. The van der Waals surface area contributed by atoms with Gasteiger partial charge >= 0.3 is 0 Å². The van der Waals surface area contributed by atoms with E-state index in [9.17, 15) is 0 Å². The summed E-state index contributed by atoms with van der Waals surface area (Å²) in [6.07, 6.45) is 0.668. The van der Waals surface area contributed by atoms with Gasteiger partial charge in [0, 0.05) is 13.5 Å². The smallest absolute Gasteiger partial charge is 0.282 e. The van der Waals surface area contributed by atoms with E-state index in [1.54, 1.807) is 7.11 Å². The van der Waals surface area contributed by atoms with Crippen LogP contribution in [0.1, 0.15) is 13.3 Å². The maximum absolute atomic E-state index is 5.65. The second-order valence-corrected chi connectivity index (χ2v) is 4.13. The minimum absolute atomic E-state index is 0.157. The second kappa shape index (κ2) is 4.35. The molecule has 2 aliphatic rings. The topological polar surface area (TPSA) is 46.2 Å². The second-order valence-electron chi connectivity index (χ2n) is 4.13. The van der Waals surface area contributed by atoms with E-state index in [-0.39, 0.29) is 5.41 Å². The van der Waals surface area contributed by atoms with Gasteiger partial charge in [0.25, 0.3) is 5.97 Å². The lowest BCUT2D eigenvalue weighted by atomic mass is 9.91. The van der Waals surface area contributed by atoms with Crippen LogP contribution in [0, 0.1) is 5.41 Å². The van der Waals surface area contributed by atoms with Crippen molar-refractivity contribution in [3.05, 3.63) is 0 Å². The minimum atomic E-state index is -0.872. The van der Waals surface area contributed by atoms with Gasteiger partial charge in [-0.05, 0) is 0 Å². The number of rotatable bonds is 2. The molecule has 2 rings (SSSR count). The molecule has 0 aromatic rings. The normalized spacial score (nSPS) is 29.2. The summed E-state index contributed by atoms with van der Waals surface area (Å²) in [4.78, 5) is 0. The van der Waals surface area contributed by atoms with Crippen molar-refractivity contribution in [1.29, 1.82) is 0 Å². The van der Waals surface area contributed by atoms with Crippen LogP contribution in [0.2, 0.25) is 0 Å². The molecular weight excluding hydrogens is 200 g/mol. The van der Waals surface area contributed by atoms with E-state index in [1.807, 2.05) is 6.92 Å². The predicted octanol–water partition coefficient (Wildman–Crippen LogP) is 0.734. The van der Waals surface area contributed by atoms with Gasteiger partial charge in [-0.3, -0.25) is 0 Å². The predicted molar refractivity (Wildman–Crippen MR) is 51.1 cm³/mol. The number of methoxy groups -OCH3 is 1.